The van der Waals surface area contributed by atoms with Gasteiger partial charge in [0.25, 0.3) is 0 Å². The van der Waals surface area contributed by atoms with E-state index in [-0.39, 0.29) is 0 Å². The standard InChI is InChI=1S/C9H11ClN2/c10-8-4-2-1-3-7(8)9-5-6-11-12-9/h1-4,9,11-12H,5-6H2. The van der Waals surface area contributed by atoms with Crippen molar-refractivity contribution < 1.29 is 0 Å². The van der Waals surface area contributed by atoms with Gasteiger partial charge in [-0.1, -0.05) is 29.8 Å². The Morgan fingerprint density at radius 3 is 2.83 bits per heavy atom. The molecule has 1 aromatic rings. The number of benzene rings is 1. The smallest absolute Gasteiger partial charge is 0.0489 e. The van der Waals surface area contributed by atoms with E-state index < -0.39 is 0 Å². The van der Waals surface area contributed by atoms with Gasteiger partial charge in [0.15, 0.2) is 0 Å². The SMILES string of the molecule is Clc1ccccc1C1CCNN1. The molecular formula is C9H11ClN2. The molecule has 1 aliphatic heterocycles. The number of hydrogen-bond acceptors (Lipinski definition) is 2. The fourth-order valence-electron chi connectivity index (χ4n) is 1.47. The molecule has 2 nitrogen and oxygen atoms in total. The van der Waals surface area contributed by atoms with E-state index in [4.69, 9.17) is 11.6 Å². The van der Waals surface area contributed by atoms with Gasteiger partial charge in [0.1, 0.15) is 0 Å². The highest BCUT2D eigenvalue weighted by atomic mass is 35.5. The molecule has 0 saturated carbocycles. The van der Waals surface area contributed by atoms with E-state index in [0.717, 1.165) is 18.0 Å². The molecular weight excluding hydrogens is 172 g/mol. The lowest BCUT2D eigenvalue weighted by Gasteiger charge is -2.10. The average Bonchev–Trinajstić information content (AvgIpc) is 2.57. The average molecular weight is 183 g/mol. The van der Waals surface area contributed by atoms with Crippen molar-refractivity contribution in [3.63, 3.8) is 0 Å². The molecule has 1 aliphatic rings. The molecule has 1 aromatic carbocycles. The van der Waals surface area contributed by atoms with Crippen LogP contribution >= 0.6 is 11.6 Å². The second-order valence-corrected chi connectivity index (χ2v) is 3.34. The minimum Gasteiger partial charge on any atom is -0.257 e. The van der Waals surface area contributed by atoms with Crippen LogP contribution in [0, 0.1) is 0 Å². The van der Waals surface area contributed by atoms with E-state index in [1.54, 1.807) is 0 Å². The highest BCUT2D eigenvalue weighted by molar-refractivity contribution is 6.31. The fraction of sp³-hybridized carbons (Fsp3) is 0.333. The number of halogens is 1. The lowest BCUT2D eigenvalue weighted by atomic mass is 10.1. The normalized spacial score (nSPS) is 22.9. The van der Waals surface area contributed by atoms with Gasteiger partial charge >= 0.3 is 0 Å². The van der Waals surface area contributed by atoms with Crippen LogP contribution in [0.2, 0.25) is 5.02 Å². The van der Waals surface area contributed by atoms with E-state index in [2.05, 4.69) is 16.9 Å². The summed E-state index contributed by atoms with van der Waals surface area (Å²) in [4.78, 5) is 0. The van der Waals surface area contributed by atoms with Crippen molar-refractivity contribution in [2.45, 2.75) is 12.5 Å². The highest BCUT2D eigenvalue weighted by Crippen LogP contribution is 2.25. The fourth-order valence-corrected chi connectivity index (χ4v) is 1.74. The van der Waals surface area contributed by atoms with E-state index in [1.165, 1.54) is 5.56 Å². The molecule has 0 bridgehead atoms. The second-order valence-electron chi connectivity index (χ2n) is 2.93. The molecule has 1 heterocycles. The Kier molecular flexibility index (Phi) is 2.30. The van der Waals surface area contributed by atoms with Gasteiger partial charge in [-0.05, 0) is 18.1 Å². The number of nitrogens with one attached hydrogen (secondary N) is 2. The summed E-state index contributed by atoms with van der Waals surface area (Å²) >= 11 is 6.04. The predicted molar refractivity (Wildman–Crippen MR) is 49.9 cm³/mol. The first-order valence-corrected chi connectivity index (χ1v) is 4.48. The van der Waals surface area contributed by atoms with Crippen LogP contribution in [-0.2, 0) is 0 Å². The maximum Gasteiger partial charge on any atom is 0.0489 e. The van der Waals surface area contributed by atoms with Crippen molar-refractivity contribution in [3.8, 4) is 0 Å². The Hall–Kier alpha value is -0.570. The molecule has 1 saturated heterocycles. The molecule has 0 radical (unpaired) electrons. The molecule has 0 amide bonds. The van der Waals surface area contributed by atoms with Crippen molar-refractivity contribution in [1.82, 2.24) is 10.9 Å². The Bertz CT molecular complexity index is 269. The Balaban J connectivity index is 2.26. The topological polar surface area (TPSA) is 24.1 Å². The first-order valence-electron chi connectivity index (χ1n) is 4.11. The molecule has 64 valence electrons. The maximum atomic E-state index is 6.04. The minimum absolute atomic E-state index is 0.374. The van der Waals surface area contributed by atoms with Gasteiger partial charge < -0.3 is 0 Å². The monoisotopic (exact) mass is 182 g/mol. The third kappa shape index (κ3) is 1.46. The van der Waals surface area contributed by atoms with Crippen LogP contribution in [0.1, 0.15) is 18.0 Å². The third-order valence-corrected chi connectivity index (χ3v) is 2.46. The van der Waals surface area contributed by atoms with Gasteiger partial charge in [-0.3, -0.25) is 10.9 Å². The van der Waals surface area contributed by atoms with E-state index >= 15 is 0 Å². The predicted octanol–water partition coefficient (Wildman–Crippen LogP) is 1.88. The van der Waals surface area contributed by atoms with Crippen LogP contribution in [0.25, 0.3) is 0 Å². The second kappa shape index (κ2) is 3.44. The van der Waals surface area contributed by atoms with Crippen molar-refractivity contribution in [3.05, 3.63) is 34.9 Å². The third-order valence-electron chi connectivity index (χ3n) is 2.11. The summed E-state index contributed by atoms with van der Waals surface area (Å²) in [7, 11) is 0. The number of rotatable bonds is 1. The van der Waals surface area contributed by atoms with Crippen molar-refractivity contribution in [2.75, 3.05) is 6.54 Å². The number of hydrogen-bond donors (Lipinski definition) is 2. The van der Waals surface area contributed by atoms with Crippen molar-refractivity contribution in [2.24, 2.45) is 0 Å². The lowest BCUT2D eigenvalue weighted by Crippen LogP contribution is -2.24. The van der Waals surface area contributed by atoms with Gasteiger partial charge in [0.2, 0.25) is 0 Å². The lowest BCUT2D eigenvalue weighted by molar-refractivity contribution is 0.581. The summed E-state index contributed by atoms with van der Waals surface area (Å²) in [6.45, 7) is 1.01. The summed E-state index contributed by atoms with van der Waals surface area (Å²) in [5, 5.41) is 0.846. The van der Waals surface area contributed by atoms with Crippen LogP contribution in [0.5, 0.6) is 0 Å². The van der Waals surface area contributed by atoms with Gasteiger partial charge in [-0.2, -0.15) is 0 Å². The van der Waals surface area contributed by atoms with Crippen LogP contribution in [0.3, 0.4) is 0 Å². The molecule has 0 aromatic heterocycles. The first kappa shape index (κ1) is 8.05. The molecule has 1 atom stereocenters. The molecule has 1 unspecified atom stereocenters. The minimum atomic E-state index is 0.374. The van der Waals surface area contributed by atoms with E-state index in [0.29, 0.717) is 6.04 Å². The zero-order valence-corrected chi connectivity index (χ0v) is 7.43. The highest BCUT2D eigenvalue weighted by Gasteiger charge is 2.17. The summed E-state index contributed by atoms with van der Waals surface area (Å²) in [6.07, 6.45) is 1.10. The van der Waals surface area contributed by atoms with Gasteiger partial charge in [-0.25, -0.2) is 0 Å². The van der Waals surface area contributed by atoms with Crippen LogP contribution in [0.15, 0.2) is 24.3 Å². The Morgan fingerprint density at radius 2 is 2.17 bits per heavy atom. The number of hydrazine groups is 1. The molecule has 2 N–H and O–H groups in total. The molecule has 12 heavy (non-hydrogen) atoms. The van der Waals surface area contributed by atoms with Crippen molar-refractivity contribution >= 4 is 11.6 Å². The van der Waals surface area contributed by atoms with E-state index in [1.807, 2.05) is 18.2 Å². The summed E-state index contributed by atoms with van der Waals surface area (Å²) < 4.78 is 0. The molecule has 0 aliphatic carbocycles. The molecule has 1 fully saturated rings. The quantitative estimate of drug-likeness (QED) is 0.693. The summed E-state index contributed by atoms with van der Waals surface area (Å²) in [6, 6.07) is 8.33. The maximum absolute atomic E-state index is 6.04. The Labute approximate surface area is 76.9 Å². The van der Waals surface area contributed by atoms with Crippen LogP contribution in [0.4, 0.5) is 0 Å². The summed E-state index contributed by atoms with van der Waals surface area (Å²) in [5.74, 6) is 0. The molecule has 3 heteroatoms. The first-order chi connectivity index (χ1) is 5.88. The van der Waals surface area contributed by atoms with Crippen molar-refractivity contribution in [1.29, 1.82) is 0 Å². The van der Waals surface area contributed by atoms with Crippen LogP contribution in [-0.4, -0.2) is 6.54 Å². The van der Waals surface area contributed by atoms with Gasteiger partial charge in [0.05, 0.1) is 0 Å². The van der Waals surface area contributed by atoms with Gasteiger partial charge in [0, 0.05) is 17.6 Å². The molecule has 0 spiro atoms. The van der Waals surface area contributed by atoms with Crippen LogP contribution < -0.4 is 10.9 Å². The zero-order valence-electron chi connectivity index (χ0n) is 6.68. The van der Waals surface area contributed by atoms with Gasteiger partial charge in [-0.15, -0.1) is 0 Å². The summed E-state index contributed by atoms with van der Waals surface area (Å²) in [5.41, 5.74) is 7.45. The van der Waals surface area contributed by atoms with E-state index in [9.17, 15) is 0 Å². The largest absolute Gasteiger partial charge is 0.257 e. The zero-order chi connectivity index (χ0) is 8.39. The Morgan fingerprint density at radius 1 is 1.33 bits per heavy atom. The molecule has 2 rings (SSSR count).